The lowest BCUT2D eigenvalue weighted by Gasteiger charge is -2.26. The molecule has 4 aromatic heterocycles. The van der Waals surface area contributed by atoms with Gasteiger partial charge in [-0.05, 0) is 12.1 Å². The number of amides is 1. The number of anilines is 3. The van der Waals surface area contributed by atoms with Crippen LogP contribution in [0, 0.1) is 0 Å². The van der Waals surface area contributed by atoms with Gasteiger partial charge in [0, 0.05) is 32.4 Å². The number of imidazole rings is 1. The van der Waals surface area contributed by atoms with Crippen molar-refractivity contribution in [2.24, 2.45) is 7.05 Å². The van der Waals surface area contributed by atoms with E-state index in [0.717, 1.165) is 0 Å². The van der Waals surface area contributed by atoms with E-state index in [-0.39, 0.29) is 45.4 Å². The van der Waals surface area contributed by atoms with Crippen LogP contribution in [0.4, 0.5) is 30.6 Å². The van der Waals surface area contributed by atoms with Crippen LogP contribution < -0.4 is 20.9 Å². The fraction of sp³-hybridized carbons (Fsp3) is 0.190. The van der Waals surface area contributed by atoms with Gasteiger partial charge >= 0.3 is 6.18 Å². The van der Waals surface area contributed by atoms with E-state index in [4.69, 9.17) is 39.9 Å². The van der Waals surface area contributed by atoms with Gasteiger partial charge in [-0.1, -0.05) is 16.8 Å². The smallest absolute Gasteiger partial charge is 0.417 e. The second-order valence-electron chi connectivity index (χ2n) is 8.09. The minimum Gasteiger partial charge on any atom is -0.454 e. The average molecular weight is 537 g/mol. The van der Waals surface area contributed by atoms with Crippen LogP contribution in [0.25, 0.3) is 11.2 Å². The molecule has 6 radical (unpaired) electrons. The number of hydrogen-bond donors (Lipinski definition) is 2. The maximum absolute atomic E-state index is 13.5. The molecule has 0 unspecified atom stereocenters. The van der Waals surface area contributed by atoms with E-state index in [1.165, 1.54) is 43.1 Å². The van der Waals surface area contributed by atoms with E-state index in [1.54, 1.807) is 0 Å². The predicted octanol–water partition coefficient (Wildman–Crippen LogP) is 2.76. The lowest BCUT2D eigenvalue weighted by Crippen LogP contribution is -2.43. The number of fused-ring (bicyclic) bond motifs is 1. The standard InChI is InChI=1S/C21H14B3ClF3N7O3/c1-9(36)31-14-6-11(3-4-29-14)38-13-7-30-17-16(15(13)25)34(2)19(33-17)32-12-5-10(20(26,27)28)8-35(18(12)37)21(22,23)24/h3-8H,1-2H3,(H,29,31,36)(H,30,32,33). The first-order valence-electron chi connectivity index (χ1n) is 10.6. The van der Waals surface area contributed by atoms with Crippen LogP contribution in [-0.2, 0) is 23.3 Å². The highest BCUT2D eigenvalue weighted by molar-refractivity contribution is 6.56. The first-order chi connectivity index (χ1) is 17.6. The van der Waals surface area contributed by atoms with Gasteiger partial charge in [-0.15, -0.1) is 0 Å². The van der Waals surface area contributed by atoms with Gasteiger partial charge in [0.1, 0.15) is 27.8 Å². The molecule has 0 aliphatic heterocycles. The van der Waals surface area contributed by atoms with Crippen molar-refractivity contribution in [3.63, 3.8) is 0 Å². The molecule has 0 atom stereocenters. The largest absolute Gasteiger partial charge is 0.454 e. The number of nitrogens with one attached hydrogen (secondary N) is 2. The van der Waals surface area contributed by atoms with Crippen LogP contribution in [0.15, 0.2) is 41.6 Å². The summed E-state index contributed by atoms with van der Waals surface area (Å²) in [6.45, 7) is 1.32. The van der Waals surface area contributed by atoms with Gasteiger partial charge in [0.2, 0.25) is 11.9 Å². The fourth-order valence-electron chi connectivity index (χ4n) is 3.38. The number of ether oxygens (including phenoxy) is 1. The maximum atomic E-state index is 13.5. The Hall–Kier alpha value is -3.94. The van der Waals surface area contributed by atoms with Crippen LogP contribution in [0.3, 0.4) is 0 Å². The fourth-order valence-corrected chi connectivity index (χ4v) is 3.68. The quantitative estimate of drug-likeness (QED) is 0.364. The molecule has 4 heterocycles. The molecular formula is C21H14B3ClF3N7O3. The Morgan fingerprint density at radius 1 is 1.18 bits per heavy atom. The van der Waals surface area contributed by atoms with Gasteiger partial charge in [0.05, 0.1) is 35.3 Å². The topological polar surface area (TPSA) is 116 Å². The van der Waals surface area contributed by atoms with E-state index in [2.05, 4.69) is 25.6 Å². The van der Waals surface area contributed by atoms with Crippen LogP contribution in [0.2, 0.25) is 5.02 Å². The minimum absolute atomic E-state index is 0.0577. The van der Waals surface area contributed by atoms with Crippen LogP contribution in [0.5, 0.6) is 11.5 Å². The molecule has 4 aromatic rings. The minimum atomic E-state index is -4.84. The molecule has 1 amide bonds. The van der Waals surface area contributed by atoms with Gasteiger partial charge in [-0.2, -0.15) is 18.2 Å². The lowest BCUT2D eigenvalue weighted by molar-refractivity contribution is -0.138. The van der Waals surface area contributed by atoms with E-state index in [0.29, 0.717) is 16.8 Å². The Balaban J connectivity index is 1.74. The van der Waals surface area contributed by atoms with E-state index >= 15 is 0 Å². The third-order valence-corrected chi connectivity index (χ3v) is 5.44. The molecule has 10 nitrogen and oxygen atoms in total. The summed E-state index contributed by atoms with van der Waals surface area (Å²) in [6, 6.07) is 3.56. The zero-order valence-electron chi connectivity index (χ0n) is 19.7. The number of carbonyl (C=O) groups is 1. The number of rotatable bonds is 6. The summed E-state index contributed by atoms with van der Waals surface area (Å²) in [6.07, 6.45) is -1.73. The first-order valence-corrected chi connectivity index (χ1v) is 10.9. The van der Waals surface area contributed by atoms with Crippen molar-refractivity contribution >= 4 is 69.7 Å². The molecule has 38 heavy (non-hydrogen) atoms. The van der Waals surface area contributed by atoms with Gasteiger partial charge in [-0.3, -0.25) is 9.59 Å². The molecule has 4 rings (SSSR count). The normalized spacial score (nSPS) is 11.9. The molecule has 0 saturated heterocycles. The second-order valence-corrected chi connectivity index (χ2v) is 8.47. The molecular weight excluding hydrogens is 523 g/mol. The Morgan fingerprint density at radius 3 is 2.53 bits per heavy atom. The molecule has 0 aliphatic rings. The average Bonchev–Trinajstić information content (AvgIpc) is 3.11. The van der Waals surface area contributed by atoms with Crippen molar-refractivity contribution in [3.8, 4) is 11.5 Å². The molecule has 17 heteroatoms. The molecule has 0 spiro atoms. The zero-order chi connectivity index (χ0) is 28.0. The third-order valence-electron chi connectivity index (χ3n) is 5.08. The Kier molecular flexibility index (Phi) is 6.95. The molecule has 188 valence electrons. The number of hydrogen-bond acceptors (Lipinski definition) is 7. The van der Waals surface area contributed by atoms with Crippen molar-refractivity contribution < 1.29 is 22.7 Å². The predicted molar refractivity (Wildman–Crippen MR) is 136 cm³/mol. The number of nitrogens with zero attached hydrogens (tertiary/aromatic N) is 5. The second kappa shape index (κ2) is 9.74. The van der Waals surface area contributed by atoms with Crippen LogP contribution in [0.1, 0.15) is 12.5 Å². The maximum Gasteiger partial charge on any atom is 0.417 e. The number of pyridine rings is 3. The number of alkyl halides is 3. The van der Waals surface area contributed by atoms with E-state index in [9.17, 15) is 22.8 Å². The van der Waals surface area contributed by atoms with Crippen LogP contribution in [-0.4, -0.2) is 53.5 Å². The SMILES string of the molecule is [B]C([B])([B])n1cc(C(F)(F)F)cc(Nc2nc3ncc(Oc4ccnc(NC(C)=O)c4)c(Cl)c3n2C)c1=O. The van der Waals surface area contributed by atoms with E-state index in [1.807, 2.05) is 0 Å². The molecule has 0 aliphatic carbocycles. The summed E-state index contributed by atoms with van der Waals surface area (Å²) >= 11 is 6.54. The van der Waals surface area contributed by atoms with Gasteiger partial charge in [0.15, 0.2) is 11.4 Å². The molecule has 2 N–H and O–H groups in total. The van der Waals surface area contributed by atoms with Gasteiger partial charge in [0.25, 0.3) is 5.56 Å². The highest BCUT2D eigenvalue weighted by atomic mass is 35.5. The third kappa shape index (κ3) is 5.49. The molecule has 0 aromatic carbocycles. The zero-order valence-corrected chi connectivity index (χ0v) is 20.4. The summed E-state index contributed by atoms with van der Waals surface area (Å²) < 4.78 is 47.9. The highest BCUT2D eigenvalue weighted by Crippen LogP contribution is 2.36. The Bertz CT molecular complexity index is 1620. The summed E-state index contributed by atoms with van der Waals surface area (Å²) in [4.78, 5) is 36.5. The Labute approximate surface area is 221 Å². The first kappa shape index (κ1) is 27.1. The van der Waals surface area contributed by atoms with Crippen molar-refractivity contribution in [1.82, 2.24) is 24.1 Å². The summed E-state index contributed by atoms with van der Waals surface area (Å²) in [5, 5.41) is 2.71. The van der Waals surface area contributed by atoms with Crippen molar-refractivity contribution in [1.29, 1.82) is 0 Å². The summed E-state index contributed by atoms with van der Waals surface area (Å²) in [5.74, 6) is 0.228. The monoisotopic (exact) mass is 537 g/mol. The van der Waals surface area contributed by atoms with Gasteiger partial charge in [-0.25, -0.2) is 9.97 Å². The number of carbonyl (C=O) groups excluding carboxylic acids is 1. The molecule has 0 saturated carbocycles. The van der Waals surface area contributed by atoms with Crippen molar-refractivity contribution in [2.45, 2.75) is 18.3 Å². The van der Waals surface area contributed by atoms with Crippen LogP contribution >= 0.6 is 11.6 Å². The van der Waals surface area contributed by atoms with Gasteiger partial charge < -0.3 is 24.5 Å². The lowest BCUT2D eigenvalue weighted by atomic mass is 9.49. The number of aryl methyl sites for hydroxylation is 1. The summed E-state index contributed by atoms with van der Waals surface area (Å²) in [7, 11) is 18.0. The number of halogens is 4. The number of aromatic nitrogens is 5. The summed E-state index contributed by atoms with van der Waals surface area (Å²) in [5.41, 5.74) is -2.49. The molecule has 0 bridgehead atoms. The van der Waals surface area contributed by atoms with E-state index < -0.39 is 28.2 Å². The highest BCUT2D eigenvalue weighted by Gasteiger charge is 2.33. The molecule has 0 fully saturated rings. The Morgan fingerprint density at radius 2 is 1.89 bits per heavy atom. The van der Waals surface area contributed by atoms with Crippen molar-refractivity contribution in [3.05, 3.63) is 57.7 Å². The van der Waals surface area contributed by atoms with Crippen molar-refractivity contribution in [2.75, 3.05) is 10.6 Å².